The first-order chi connectivity index (χ1) is 7.66. The smallest absolute Gasteiger partial charge is 0.123 e. The summed E-state index contributed by atoms with van der Waals surface area (Å²) in [7, 11) is 0. The number of para-hydroxylation sites is 1. The Balaban J connectivity index is 2.10. The first-order valence-corrected chi connectivity index (χ1v) is 5.38. The fourth-order valence-corrected chi connectivity index (χ4v) is 1.73. The van der Waals surface area contributed by atoms with Crippen LogP contribution in [0.4, 0.5) is 11.4 Å². The largest absolute Gasteiger partial charge is 0.465 e. The van der Waals surface area contributed by atoms with Gasteiger partial charge in [0.1, 0.15) is 11.5 Å². The van der Waals surface area contributed by atoms with E-state index in [-0.39, 0.29) is 0 Å². The van der Waals surface area contributed by atoms with Crippen LogP contribution in [0.3, 0.4) is 0 Å². The van der Waals surface area contributed by atoms with E-state index in [0.717, 1.165) is 17.2 Å². The lowest BCUT2D eigenvalue weighted by molar-refractivity contribution is 0.490. The number of anilines is 2. The van der Waals surface area contributed by atoms with E-state index in [9.17, 15) is 0 Å². The number of nitrogen functional groups attached to an aromatic ring is 1. The summed E-state index contributed by atoms with van der Waals surface area (Å²) in [5.41, 5.74) is 7.20. The summed E-state index contributed by atoms with van der Waals surface area (Å²) in [6.07, 6.45) is 0. The van der Waals surface area contributed by atoms with Gasteiger partial charge in [0.25, 0.3) is 0 Å². The van der Waals surface area contributed by atoms with Crippen LogP contribution in [0.1, 0.15) is 11.5 Å². The zero-order valence-electron chi connectivity index (χ0n) is 8.96. The van der Waals surface area contributed by atoms with Crippen molar-refractivity contribution in [2.24, 2.45) is 0 Å². The van der Waals surface area contributed by atoms with Gasteiger partial charge in [-0.1, -0.05) is 17.7 Å². The summed E-state index contributed by atoms with van der Waals surface area (Å²) in [5.74, 6) is 1.75. The van der Waals surface area contributed by atoms with E-state index in [1.165, 1.54) is 0 Å². The van der Waals surface area contributed by atoms with Crippen LogP contribution in [0.25, 0.3) is 0 Å². The molecule has 84 valence electrons. The first-order valence-electron chi connectivity index (χ1n) is 5.00. The minimum atomic E-state index is 0.571. The average Bonchev–Trinajstić information content (AvgIpc) is 2.63. The second-order valence-electron chi connectivity index (χ2n) is 3.57. The fraction of sp³-hybridized carbons (Fsp3) is 0.167. The van der Waals surface area contributed by atoms with Crippen molar-refractivity contribution in [3.8, 4) is 0 Å². The highest BCUT2D eigenvalue weighted by molar-refractivity contribution is 6.33. The molecule has 4 heteroatoms. The molecule has 0 aliphatic heterocycles. The van der Waals surface area contributed by atoms with Crippen LogP contribution >= 0.6 is 11.6 Å². The predicted molar refractivity (Wildman–Crippen MR) is 66.6 cm³/mol. The number of nitrogens with one attached hydrogen (secondary N) is 1. The monoisotopic (exact) mass is 236 g/mol. The number of furan rings is 1. The van der Waals surface area contributed by atoms with E-state index in [0.29, 0.717) is 17.3 Å². The van der Waals surface area contributed by atoms with E-state index >= 15 is 0 Å². The maximum absolute atomic E-state index is 6.03. The SMILES string of the molecule is Cc1ccc(CNc2c(N)cccc2Cl)o1. The molecular formula is C12H13ClN2O. The third-order valence-electron chi connectivity index (χ3n) is 2.28. The topological polar surface area (TPSA) is 51.2 Å². The van der Waals surface area contributed by atoms with Gasteiger partial charge in [-0.2, -0.15) is 0 Å². The van der Waals surface area contributed by atoms with E-state index in [2.05, 4.69) is 5.32 Å². The van der Waals surface area contributed by atoms with Crippen molar-refractivity contribution in [3.05, 3.63) is 46.9 Å². The summed E-state index contributed by atoms with van der Waals surface area (Å²) in [5, 5.41) is 3.77. The van der Waals surface area contributed by atoms with Crippen LogP contribution in [-0.4, -0.2) is 0 Å². The normalized spacial score (nSPS) is 10.4. The van der Waals surface area contributed by atoms with Gasteiger partial charge in [-0.05, 0) is 31.2 Å². The van der Waals surface area contributed by atoms with Gasteiger partial charge < -0.3 is 15.5 Å². The standard InChI is InChI=1S/C12H13ClN2O/c1-8-5-6-9(16-8)7-15-12-10(13)3-2-4-11(12)14/h2-6,15H,7,14H2,1H3. The molecule has 1 heterocycles. The molecule has 0 spiro atoms. The van der Waals surface area contributed by atoms with Crippen LogP contribution in [0.2, 0.25) is 5.02 Å². The number of halogens is 1. The van der Waals surface area contributed by atoms with Crippen molar-refractivity contribution in [3.63, 3.8) is 0 Å². The van der Waals surface area contributed by atoms with Gasteiger partial charge >= 0.3 is 0 Å². The lowest BCUT2D eigenvalue weighted by Gasteiger charge is -2.09. The van der Waals surface area contributed by atoms with Gasteiger partial charge in [-0.25, -0.2) is 0 Å². The third-order valence-corrected chi connectivity index (χ3v) is 2.60. The Hall–Kier alpha value is -1.61. The third kappa shape index (κ3) is 2.31. The fourth-order valence-electron chi connectivity index (χ4n) is 1.48. The average molecular weight is 237 g/mol. The molecule has 2 aromatic rings. The quantitative estimate of drug-likeness (QED) is 0.803. The Morgan fingerprint density at radius 2 is 2.12 bits per heavy atom. The summed E-state index contributed by atoms with van der Waals surface area (Å²) in [6.45, 7) is 2.48. The Kier molecular flexibility index (Phi) is 3.06. The molecule has 0 amide bonds. The minimum absolute atomic E-state index is 0.571. The number of hydrogen-bond acceptors (Lipinski definition) is 3. The highest BCUT2D eigenvalue weighted by Gasteiger charge is 2.05. The van der Waals surface area contributed by atoms with Crippen molar-refractivity contribution < 1.29 is 4.42 Å². The molecule has 3 N–H and O–H groups in total. The highest BCUT2D eigenvalue weighted by atomic mass is 35.5. The summed E-state index contributed by atoms with van der Waals surface area (Å²) < 4.78 is 5.44. The lowest BCUT2D eigenvalue weighted by atomic mass is 10.2. The van der Waals surface area contributed by atoms with Crippen molar-refractivity contribution in [1.82, 2.24) is 0 Å². The van der Waals surface area contributed by atoms with Gasteiger partial charge in [0.2, 0.25) is 0 Å². The Morgan fingerprint density at radius 3 is 2.75 bits per heavy atom. The molecular weight excluding hydrogens is 224 g/mol. The molecule has 0 saturated carbocycles. The van der Waals surface area contributed by atoms with Crippen LogP contribution in [0.15, 0.2) is 34.7 Å². The molecule has 2 rings (SSSR count). The molecule has 0 aliphatic carbocycles. The number of hydrogen-bond donors (Lipinski definition) is 2. The van der Waals surface area contributed by atoms with Crippen molar-refractivity contribution in [1.29, 1.82) is 0 Å². The van der Waals surface area contributed by atoms with E-state index in [4.69, 9.17) is 21.8 Å². The molecule has 0 unspecified atom stereocenters. The number of nitrogens with two attached hydrogens (primary N) is 1. The number of benzene rings is 1. The molecule has 0 radical (unpaired) electrons. The first kappa shape index (κ1) is 10.9. The van der Waals surface area contributed by atoms with E-state index in [1.54, 1.807) is 6.07 Å². The van der Waals surface area contributed by atoms with Crippen molar-refractivity contribution in [2.45, 2.75) is 13.5 Å². The summed E-state index contributed by atoms with van der Waals surface area (Å²) in [6, 6.07) is 9.28. The van der Waals surface area contributed by atoms with Crippen molar-refractivity contribution in [2.75, 3.05) is 11.1 Å². The van der Waals surface area contributed by atoms with Crippen LogP contribution in [0.5, 0.6) is 0 Å². The zero-order valence-corrected chi connectivity index (χ0v) is 9.71. The molecule has 0 fully saturated rings. The molecule has 0 saturated heterocycles. The lowest BCUT2D eigenvalue weighted by Crippen LogP contribution is -2.02. The summed E-state index contributed by atoms with van der Waals surface area (Å²) in [4.78, 5) is 0. The highest BCUT2D eigenvalue weighted by Crippen LogP contribution is 2.28. The molecule has 0 aliphatic rings. The van der Waals surface area contributed by atoms with Crippen molar-refractivity contribution >= 4 is 23.0 Å². The molecule has 1 aromatic carbocycles. The Bertz CT molecular complexity index is 473. The van der Waals surface area contributed by atoms with E-state index < -0.39 is 0 Å². The van der Waals surface area contributed by atoms with Gasteiger partial charge in [-0.15, -0.1) is 0 Å². The molecule has 3 nitrogen and oxygen atoms in total. The van der Waals surface area contributed by atoms with E-state index in [1.807, 2.05) is 31.2 Å². The second-order valence-corrected chi connectivity index (χ2v) is 3.98. The van der Waals surface area contributed by atoms with Gasteiger partial charge in [-0.3, -0.25) is 0 Å². The molecule has 16 heavy (non-hydrogen) atoms. The minimum Gasteiger partial charge on any atom is -0.465 e. The number of rotatable bonds is 3. The Labute approximate surface area is 99.2 Å². The second kappa shape index (κ2) is 4.49. The zero-order chi connectivity index (χ0) is 11.5. The van der Waals surface area contributed by atoms with Crippen LogP contribution in [-0.2, 0) is 6.54 Å². The van der Waals surface area contributed by atoms with Gasteiger partial charge in [0.15, 0.2) is 0 Å². The van der Waals surface area contributed by atoms with Crippen LogP contribution in [0, 0.1) is 6.92 Å². The van der Waals surface area contributed by atoms with Crippen LogP contribution < -0.4 is 11.1 Å². The molecule has 0 atom stereocenters. The molecule has 1 aromatic heterocycles. The maximum Gasteiger partial charge on any atom is 0.123 e. The van der Waals surface area contributed by atoms with Gasteiger partial charge in [0, 0.05) is 0 Å². The maximum atomic E-state index is 6.03. The molecule has 0 bridgehead atoms. The predicted octanol–water partition coefficient (Wildman–Crippen LogP) is 3.44. The Morgan fingerprint density at radius 1 is 1.31 bits per heavy atom. The summed E-state index contributed by atoms with van der Waals surface area (Å²) >= 11 is 6.03. The number of aryl methyl sites for hydroxylation is 1. The van der Waals surface area contributed by atoms with Gasteiger partial charge in [0.05, 0.1) is 22.9 Å².